The maximum absolute atomic E-state index is 13.5. The highest BCUT2D eigenvalue weighted by atomic mass is 35.5. The third-order valence-electron chi connectivity index (χ3n) is 5.56. The smallest absolute Gasteiger partial charge is 0.247 e. The molecule has 1 aromatic rings. The van der Waals surface area contributed by atoms with E-state index in [2.05, 4.69) is 12.2 Å². The number of hydrogen-bond donors (Lipinski definition) is 1. The summed E-state index contributed by atoms with van der Waals surface area (Å²) < 4.78 is 11.3. The van der Waals surface area contributed by atoms with Crippen molar-refractivity contribution in [1.82, 2.24) is 10.2 Å². The number of nitrogens with zero attached hydrogens (tertiary/aromatic N) is 1. The lowest BCUT2D eigenvalue weighted by molar-refractivity contribution is -0.139. The number of methoxy groups -OCH3 is 1. The molecule has 1 N–H and O–H groups in total. The molecule has 2 rings (SSSR count). The minimum Gasteiger partial charge on any atom is -0.493 e. The van der Waals surface area contributed by atoms with Gasteiger partial charge in [0.15, 0.2) is 11.5 Å². The van der Waals surface area contributed by atoms with Crippen LogP contribution in [0, 0.1) is 0 Å². The molecule has 1 aliphatic carbocycles. The predicted octanol–water partition coefficient (Wildman–Crippen LogP) is 4.84. The molecule has 0 saturated heterocycles. The van der Waals surface area contributed by atoms with Gasteiger partial charge in [0.1, 0.15) is 11.9 Å². The number of amides is 2. The molecule has 0 aliphatic heterocycles. The zero-order chi connectivity index (χ0) is 22.8. The number of hydrogen-bond acceptors (Lipinski definition) is 4. The number of carbonyl (C=O) groups excluding carboxylic acids is 2. The molecule has 1 aromatic carbocycles. The zero-order valence-electron chi connectivity index (χ0n) is 19.3. The van der Waals surface area contributed by atoms with Crippen LogP contribution in [0.4, 0.5) is 0 Å². The maximum atomic E-state index is 13.5. The van der Waals surface area contributed by atoms with Gasteiger partial charge in [-0.1, -0.05) is 38.7 Å². The van der Waals surface area contributed by atoms with Crippen molar-refractivity contribution < 1.29 is 19.1 Å². The quantitative estimate of drug-likeness (QED) is 0.488. The summed E-state index contributed by atoms with van der Waals surface area (Å²) in [7, 11) is 1.57. The van der Waals surface area contributed by atoms with Crippen molar-refractivity contribution in [2.75, 3.05) is 19.5 Å². The molecule has 7 heteroatoms. The molecule has 0 radical (unpaired) electrons. The topological polar surface area (TPSA) is 67.9 Å². The highest BCUT2D eigenvalue weighted by molar-refractivity contribution is 6.27. The monoisotopic (exact) mass is 452 g/mol. The van der Waals surface area contributed by atoms with E-state index in [0.29, 0.717) is 23.6 Å². The molecule has 0 bridgehead atoms. The van der Waals surface area contributed by atoms with Crippen LogP contribution in [-0.4, -0.2) is 48.4 Å². The molecule has 1 atom stereocenters. The number of nitrogens with one attached hydrogen (secondary N) is 1. The Hall–Kier alpha value is -1.95. The van der Waals surface area contributed by atoms with E-state index in [1.165, 1.54) is 6.42 Å². The molecule has 0 spiro atoms. The standard InChI is InChI=1S/C24H37ClN2O4/c1-5-6-14-27(22(28)16-25)23(24(29)26-19-10-8-7-9-11-19)18-12-13-20(31-17(2)3)21(15-18)30-4/h12-13,15,17,19,23H,5-11,14,16H2,1-4H3,(H,26,29)/t23-/m0/s1. The molecule has 0 aromatic heterocycles. The lowest BCUT2D eigenvalue weighted by Crippen LogP contribution is -2.47. The van der Waals surface area contributed by atoms with Crippen LogP contribution in [0.3, 0.4) is 0 Å². The van der Waals surface area contributed by atoms with E-state index in [1.54, 1.807) is 24.1 Å². The SMILES string of the molecule is CCCCN(C(=O)CCl)[C@H](C(=O)NC1CCCCC1)c1ccc(OC(C)C)c(OC)c1. The van der Waals surface area contributed by atoms with Crippen LogP contribution in [0.15, 0.2) is 18.2 Å². The van der Waals surface area contributed by atoms with Gasteiger partial charge in [0.05, 0.1) is 13.2 Å². The van der Waals surface area contributed by atoms with Crippen molar-refractivity contribution in [1.29, 1.82) is 0 Å². The predicted molar refractivity (Wildman–Crippen MR) is 124 cm³/mol. The van der Waals surface area contributed by atoms with Gasteiger partial charge in [0.2, 0.25) is 11.8 Å². The van der Waals surface area contributed by atoms with E-state index >= 15 is 0 Å². The Labute approximate surface area is 191 Å². The fraction of sp³-hybridized carbons (Fsp3) is 0.667. The van der Waals surface area contributed by atoms with Crippen LogP contribution in [0.1, 0.15) is 77.3 Å². The fourth-order valence-electron chi connectivity index (χ4n) is 4.01. The summed E-state index contributed by atoms with van der Waals surface area (Å²) in [4.78, 5) is 27.8. The van der Waals surface area contributed by atoms with Gasteiger partial charge in [-0.05, 0) is 50.8 Å². The first-order valence-corrected chi connectivity index (χ1v) is 11.9. The van der Waals surface area contributed by atoms with E-state index in [0.717, 1.165) is 38.5 Å². The highest BCUT2D eigenvalue weighted by Gasteiger charge is 2.33. The second-order valence-electron chi connectivity index (χ2n) is 8.40. The van der Waals surface area contributed by atoms with Gasteiger partial charge in [0.25, 0.3) is 0 Å². The van der Waals surface area contributed by atoms with Crippen molar-refractivity contribution in [2.24, 2.45) is 0 Å². The molecule has 0 heterocycles. The molecule has 6 nitrogen and oxygen atoms in total. The van der Waals surface area contributed by atoms with Crippen molar-refractivity contribution in [3.63, 3.8) is 0 Å². The molecular weight excluding hydrogens is 416 g/mol. The Bertz CT molecular complexity index is 720. The lowest BCUT2D eigenvalue weighted by atomic mass is 9.94. The Morgan fingerprint density at radius 1 is 1.19 bits per heavy atom. The van der Waals surface area contributed by atoms with Crippen LogP contribution in [-0.2, 0) is 9.59 Å². The molecule has 0 unspecified atom stereocenters. The van der Waals surface area contributed by atoms with Crippen molar-refractivity contribution >= 4 is 23.4 Å². The molecule has 174 valence electrons. The lowest BCUT2D eigenvalue weighted by Gasteiger charge is -2.33. The Morgan fingerprint density at radius 3 is 2.48 bits per heavy atom. The normalized spacial score (nSPS) is 15.4. The molecule has 31 heavy (non-hydrogen) atoms. The van der Waals surface area contributed by atoms with Crippen LogP contribution < -0.4 is 14.8 Å². The Kier molecular flexibility index (Phi) is 10.4. The van der Waals surface area contributed by atoms with E-state index < -0.39 is 6.04 Å². The van der Waals surface area contributed by atoms with Crippen LogP contribution in [0.2, 0.25) is 0 Å². The van der Waals surface area contributed by atoms with E-state index in [-0.39, 0.29) is 29.8 Å². The van der Waals surface area contributed by atoms with E-state index in [4.69, 9.17) is 21.1 Å². The summed E-state index contributed by atoms with van der Waals surface area (Å²) >= 11 is 5.93. The second kappa shape index (κ2) is 12.8. The van der Waals surface area contributed by atoms with Gasteiger partial charge in [0, 0.05) is 12.6 Å². The van der Waals surface area contributed by atoms with E-state index in [9.17, 15) is 9.59 Å². The van der Waals surface area contributed by atoms with Crippen LogP contribution in [0.5, 0.6) is 11.5 Å². The number of benzene rings is 1. The minimum absolute atomic E-state index is 0.0102. The Morgan fingerprint density at radius 2 is 1.90 bits per heavy atom. The van der Waals surface area contributed by atoms with Crippen molar-refractivity contribution in [3.8, 4) is 11.5 Å². The number of ether oxygens (including phenoxy) is 2. The molecule has 2 amide bonds. The van der Waals surface area contributed by atoms with Crippen LogP contribution in [0.25, 0.3) is 0 Å². The first-order chi connectivity index (χ1) is 14.9. The van der Waals surface area contributed by atoms with Crippen molar-refractivity contribution in [3.05, 3.63) is 23.8 Å². The Balaban J connectivity index is 2.41. The summed E-state index contributed by atoms with van der Waals surface area (Å²) in [6.07, 6.45) is 7.08. The van der Waals surface area contributed by atoms with Gasteiger partial charge in [-0.3, -0.25) is 9.59 Å². The van der Waals surface area contributed by atoms with Gasteiger partial charge in [-0.15, -0.1) is 11.6 Å². The summed E-state index contributed by atoms with van der Waals surface area (Å²) in [5.41, 5.74) is 0.691. The molecule has 1 fully saturated rings. The summed E-state index contributed by atoms with van der Waals surface area (Å²) in [5.74, 6) is 0.566. The van der Waals surface area contributed by atoms with Gasteiger partial charge >= 0.3 is 0 Å². The number of rotatable bonds is 11. The third-order valence-corrected chi connectivity index (χ3v) is 5.79. The van der Waals surface area contributed by atoms with E-state index in [1.807, 2.05) is 19.9 Å². The number of unbranched alkanes of at least 4 members (excludes halogenated alkanes) is 1. The first-order valence-electron chi connectivity index (χ1n) is 11.4. The zero-order valence-corrected chi connectivity index (χ0v) is 20.0. The first kappa shape index (κ1) is 25.3. The summed E-state index contributed by atoms with van der Waals surface area (Å²) in [5, 5.41) is 3.19. The molecular formula is C24H37ClN2O4. The highest BCUT2D eigenvalue weighted by Crippen LogP contribution is 2.34. The van der Waals surface area contributed by atoms with Gasteiger partial charge < -0.3 is 19.7 Å². The van der Waals surface area contributed by atoms with Crippen LogP contribution >= 0.6 is 11.6 Å². The average Bonchev–Trinajstić information content (AvgIpc) is 2.76. The maximum Gasteiger partial charge on any atom is 0.247 e. The molecule has 1 saturated carbocycles. The third kappa shape index (κ3) is 7.30. The second-order valence-corrected chi connectivity index (χ2v) is 8.66. The number of alkyl halides is 1. The van der Waals surface area contributed by atoms with Gasteiger partial charge in [-0.25, -0.2) is 0 Å². The largest absolute Gasteiger partial charge is 0.493 e. The van der Waals surface area contributed by atoms with Gasteiger partial charge in [-0.2, -0.15) is 0 Å². The average molecular weight is 453 g/mol. The summed E-state index contributed by atoms with van der Waals surface area (Å²) in [6.45, 7) is 6.41. The summed E-state index contributed by atoms with van der Waals surface area (Å²) in [6, 6.07) is 4.82. The number of halogens is 1. The number of carbonyl (C=O) groups is 2. The van der Waals surface area contributed by atoms with Crippen molar-refractivity contribution in [2.45, 2.75) is 83.9 Å². The fourth-order valence-corrected chi connectivity index (χ4v) is 4.16. The minimum atomic E-state index is -0.762. The molecule has 1 aliphatic rings.